The van der Waals surface area contributed by atoms with E-state index in [4.69, 9.17) is 0 Å². The minimum Gasteiger partial charge on any atom is -0.350 e. The average Bonchev–Trinajstić information content (AvgIpc) is 2.51. The van der Waals surface area contributed by atoms with Crippen LogP contribution in [0.3, 0.4) is 0 Å². The highest BCUT2D eigenvalue weighted by Crippen LogP contribution is 2.54. The van der Waals surface area contributed by atoms with Gasteiger partial charge in [-0.25, -0.2) is 8.78 Å². The van der Waals surface area contributed by atoms with E-state index < -0.39 is 23.7 Å². The van der Waals surface area contributed by atoms with E-state index in [0.717, 1.165) is 0 Å². The molecular weight excluding hydrogens is 176 g/mol. The van der Waals surface area contributed by atoms with Gasteiger partial charge in [0.1, 0.15) is 5.92 Å². The van der Waals surface area contributed by atoms with Gasteiger partial charge < -0.3 is 5.32 Å². The zero-order valence-corrected chi connectivity index (χ0v) is 7.68. The van der Waals surface area contributed by atoms with Gasteiger partial charge in [-0.05, 0) is 6.92 Å². The Bertz CT molecular complexity index is 240. The molecular formula is C9H13F2NO. The normalized spacial score (nSPS) is 32.0. The number of halogens is 2. The van der Waals surface area contributed by atoms with Gasteiger partial charge in [0.25, 0.3) is 5.92 Å². The second kappa shape index (κ2) is 3.09. The molecule has 0 aromatic rings. The Morgan fingerprint density at radius 2 is 2.15 bits per heavy atom. The van der Waals surface area contributed by atoms with E-state index in [0.29, 0.717) is 0 Å². The van der Waals surface area contributed by atoms with Crippen molar-refractivity contribution >= 4 is 5.91 Å². The maximum Gasteiger partial charge on any atom is 0.263 e. The first-order valence-corrected chi connectivity index (χ1v) is 4.22. The minimum atomic E-state index is -2.81. The van der Waals surface area contributed by atoms with Crippen molar-refractivity contribution in [1.29, 1.82) is 0 Å². The van der Waals surface area contributed by atoms with Crippen molar-refractivity contribution in [3.8, 4) is 0 Å². The molecule has 4 heteroatoms. The van der Waals surface area contributed by atoms with Crippen LogP contribution in [0.1, 0.15) is 13.8 Å². The van der Waals surface area contributed by atoms with Crippen molar-refractivity contribution < 1.29 is 13.6 Å². The Balaban J connectivity index is 2.48. The summed E-state index contributed by atoms with van der Waals surface area (Å²) in [5, 5.41) is 2.44. The number of hydrogen-bond donors (Lipinski definition) is 1. The third-order valence-corrected chi connectivity index (χ3v) is 2.42. The van der Waals surface area contributed by atoms with Crippen molar-refractivity contribution in [1.82, 2.24) is 5.32 Å². The van der Waals surface area contributed by atoms with Crippen LogP contribution in [0.2, 0.25) is 0 Å². The molecule has 3 unspecified atom stereocenters. The van der Waals surface area contributed by atoms with Crippen molar-refractivity contribution in [2.45, 2.75) is 25.8 Å². The third-order valence-electron chi connectivity index (χ3n) is 2.42. The van der Waals surface area contributed by atoms with Gasteiger partial charge in [-0.3, -0.25) is 4.79 Å². The molecule has 1 fully saturated rings. The predicted molar refractivity (Wildman–Crippen MR) is 45.4 cm³/mol. The van der Waals surface area contributed by atoms with Crippen LogP contribution in [-0.4, -0.2) is 17.9 Å². The number of alkyl halides is 2. The Labute approximate surface area is 76.0 Å². The molecule has 2 nitrogen and oxygen atoms in total. The molecule has 1 aliphatic carbocycles. The molecule has 0 aromatic carbocycles. The van der Waals surface area contributed by atoms with Crippen LogP contribution in [0.25, 0.3) is 0 Å². The van der Waals surface area contributed by atoms with Crippen LogP contribution >= 0.6 is 0 Å². The Kier molecular flexibility index (Phi) is 2.41. The van der Waals surface area contributed by atoms with Gasteiger partial charge in [-0.15, -0.1) is 6.58 Å². The maximum absolute atomic E-state index is 12.7. The first-order valence-electron chi connectivity index (χ1n) is 4.22. The van der Waals surface area contributed by atoms with Gasteiger partial charge in [0.15, 0.2) is 0 Å². The van der Waals surface area contributed by atoms with Crippen LogP contribution < -0.4 is 5.32 Å². The van der Waals surface area contributed by atoms with E-state index in [9.17, 15) is 13.6 Å². The number of amides is 1. The molecule has 3 atom stereocenters. The molecule has 1 amide bonds. The molecule has 1 N–H and O–H groups in total. The maximum atomic E-state index is 12.7. The lowest BCUT2D eigenvalue weighted by Crippen LogP contribution is -2.33. The smallest absolute Gasteiger partial charge is 0.263 e. The summed E-state index contributed by atoms with van der Waals surface area (Å²) in [6.07, 6.45) is 1.50. The van der Waals surface area contributed by atoms with Gasteiger partial charge >= 0.3 is 0 Å². The molecule has 0 saturated heterocycles. The summed E-state index contributed by atoms with van der Waals surface area (Å²) < 4.78 is 25.4. The van der Waals surface area contributed by atoms with Crippen molar-refractivity contribution in [3.05, 3.63) is 12.7 Å². The van der Waals surface area contributed by atoms with Gasteiger partial charge in [0.2, 0.25) is 5.91 Å². The monoisotopic (exact) mass is 189 g/mol. The van der Waals surface area contributed by atoms with Crippen LogP contribution in [0.5, 0.6) is 0 Å². The Hall–Kier alpha value is -0.930. The summed E-state index contributed by atoms with van der Waals surface area (Å²) in [6, 6.07) is -0.254. The zero-order valence-electron chi connectivity index (χ0n) is 7.68. The van der Waals surface area contributed by atoms with E-state index in [-0.39, 0.29) is 6.04 Å². The van der Waals surface area contributed by atoms with Crippen LogP contribution in [-0.2, 0) is 4.79 Å². The average molecular weight is 189 g/mol. The zero-order chi connectivity index (χ0) is 10.2. The fourth-order valence-corrected chi connectivity index (χ4v) is 1.25. The largest absolute Gasteiger partial charge is 0.350 e. The van der Waals surface area contributed by atoms with Crippen LogP contribution in [0.15, 0.2) is 12.7 Å². The number of rotatable bonds is 3. The lowest BCUT2D eigenvalue weighted by Gasteiger charge is -2.07. The van der Waals surface area contributed by atoms with Crippen molar-refractivity contribution in [2.75, 3.05) is 0 Å². The summed E-state index contributed by atoms with van der Waals surface area (Å²) in [7, 11) is 0. The first kappa shape index (κ1) is 10.2. The summed E-state index contributed by atoms with van der Waals surface area (Å²) in [5.74, 6) is -5.37. The van der Waals surface area contributed by atoms with Crippen LogP contribution in [0, 0.1) is 11.8 Å². The van der Waals surface area contributed by atoms with E-state index >= 15 is 0 Å². The number of nitrogens with one attached hydrogen (secondary N) is 1. The number of carbonyl (C=O) groups is 1. The molecule has 1 aliphatic rings. The second-order valence-electron chi connectivity index (χ2n) is 3.47. The van der Waals surface area contributed by atoms with Crippen LogP contribution in [0.4, 0.5) is 8.78 Å². The summed E-state index contributed by atoms with van der Waals surface area (Å²) >= 11 is 0. The molecule has 13 heavy (non-hydrogen) atoms. The van der Waals surface area contributed by atoms with E-state index in [1.807, 2.05) is 0 Å². The lowest BCUT2D eigenvalue weighted by atomic mass is 10.2. The molecule has 1 rings (SSSR count). The third kappa shape index (κ3) is 1.71. The fraction of sp³-hybridized carbons (Fsp3) is 0.667. The lowest BCUT2D eigenvalue weighted by molar-refractivity contribution is -0.124. The highest BCUT2D eigenvalue weighted by atomic mass is 19.3. The van der Waals surface area contributed by atoms with Crippen molar-refractivity contribution in [2.24, 2.45) is 11.8 Å². The van der Waals surface area contributed by atoms with E-state index in [1.165, 1.54) is 13.0 Å². The molecule has 0 spiro atoms. The first-order chi connectivity index (χ1) is 5.91. The topological polar surface area (TPSA) is 29.1 Å². The number of carbonyl (C=O) groups excluding carboxylic acids is 1. The molecule has 0 heterocycles. The summed E-state index contributed by atoms with van der Waals surface area (Å²) in [5.41, 5.74) is 0. The van der Waals surface area contributed by atoms with Gasteiger partial charge in [0.05, 0.1) is 0 Å². The molecule has 0 aliphatic heterocycles. The highest BCUT2D eigenvalue weighted by Gasteiger charge is 2.69. The van der Waals surface area contributed by atoms with Gasteiger partial charge in [0, 0.05) is 12.0 Å². The molecule has 0 radical (unpaired) electrons. The standard InChI is InChI=1S/C9H13F2NO/c1-4-5(2)12-8(13)7-6(3)9(7,10)11/h4-7H,1H2,2-3H3,(H,12,13). The summed E-state index contributed by atoms with van der Waals surface area (Å²) in [6.45, 7) is 6.51. The van der Waals surface area contributed by atoms with Crippen molar-refractivity contribution in [3.63, 3.8) is 0 Å². The predicted octanol–water partition coefficient (Wildman–Crippen LogP) is 1.58. The summed E-state index contributed by atoms with van der Waals surface area (Å²) in [4.78, 5) is 11.2. The molecule has 74 valence electrons. The Morgan fingerprint density at radius 1 is 1.69 bits per heavy atom. The fourth-order valence-electron chi connectivity index (χ4n) is 1.25. The highest BCUT2D eigenvalue weighted by molar-refractivity contribution is 5.83. The van der Waals surface area contributed by atoms with E-state index in [2.05, 4.69) is 11.9 Å². The number of hydrogen-bond acceptors (Lipinski definition) is 1. The quantitative estimate of drug-likeness (QED) is 0.671. The van der Waals surface area contributed by atoms with Gasteiger partial charge in [-0.1, -0.05) is 13.0 Å². The molecule has 1 saturated carbocycles. The molecule has 0 bridgehead atoms. The minimum absolute atomic E-state index is 0.254. The molecule has 0 aromatic heterocycles. The SMILES string of the molecule is C=CC(C)NC(=O)C1C(C)C1(F)F. The van der Waals surface area contributed by atoms with Gasteiger partial charge in [-0.2, -0.15) is 0 Å². The Morgan fingerprint density at radius 3 is 2.46 bits per heavy atom. The second-order valence-corrected chi connectivity index (χ2v) is 3.47. The van der Waals surface area contributed by atoms with E-state index in [1.54, 1.807) is 6.92 Å².